The fraction of sp³-hybridized carbons (Fsp3) is 0.333. The maximum Gasteiger partial charge on any atom is 0.340 e. The number of amides is 1. The summed E-state index contributed by atoms with van der Waals surface area (Å²) in [6.07, 6.45) is -3.05. The van der Waals surface area contributed by atoms with E-state index in [1.807, 2.05) is 0 Å². The highest BCUT2D eigenvalue weighted by atomic mass is 35.5. The first-order valence-electron chi connectivity index (χ1n) is 8.93. The largest absolute Gasteiger partial charge is 0.487 e. The summed E-state index contributed by atoms with van der Waals surface area (Å²) in [6, 6.07) is 2.08. The molecule has 0 saturated heterocycles. The van der Waals surface area contributed by atoms with Crippen LogP contribution in [-0.2, 0) is 16.8 Å². The third-order valence-electron chi connectivity index (χ3n) is 3.98. The van der Waals surface area contributed by atoms with Gasteiger partial charge < -0.3 is 9.47 Å². The Labute approximate surface area is 194 Å². The Morgan fingerprint density at radius 1 is 1.18 bits per heavy atom. The van der Waals surface area contributed by atoms with Gasteiger partial charge in [0.15, 0.2) is 6.61 Å². The molecule has 34 heavy (non-hydrogen) atoms. The molecule has 2 rings (SSSR count). The highest BCUT2D eigenvalue weighted by Crippen LogP contribution is 2.29. The van der Waals surface area contributed by atoms with Gasteiger partial charge in [0.05, 0.1) is 11.8 Å². The maximum absolute atomic E-state index is 14.3. The number of hydrogen-bond donors (Lipinski definition) is 1. The highest BCUT2D eigenvalue weighted by Gasteiger charge is 2.42. The smallest absolute Gasteiger partial charge is 0.340 e. The van der Waals surface area contributed by atoms with Gasteiger partial charge in [0.25, 0.3) is 5.91 Å². The number of ether oxygens (including phenoxy) is 2. The van der Waals surface area contributed by atoms with Gasteiger partial charge in [-0.3, -0.25) is 4.79 Å². The number of carbonyl (C=O) groups excluding carboxylic acids is 1. The average molecular weight is 536 g/mol. The van der Waals surface area contributed by atoms with Crippen LogP contribution in [0.5, 0.6) is 11.6 Å². The number of nitrogens with zero attached hydrogens (tertiary/aromatic N) is 2. The number of pyridine rings is 1. The third-order valence-corrected chi connectivity index (χ3v) is 5.66. The quantitative estimate of drug-likeness (QED) is 0.468. The summed E-state index contributed by atoms with van der Waals surface area (Å²) in [5, 5.41) is -0.386. The minimum atomic E-state index is -4.43. The molecule has 1 heterocycles. The SMILES string of the molecule is CN(C)S(=O)(=O)NC(=O)c1cc(F)c(COc2cnc(OCC(F)(F)C(F)F)c(Cl)c2)cc1F. The van der Waals surface area contributed by atoms with Crippen molar-refractivity contribution in [2.75, 3.05) is 20.7 Å². The minimum Gasteiger partial charge on any atom is -0.487 e. The first-order chi connectivity index (χ1) is 15.6. The summed E-state index contributed by atoms with van der Waals surface area (Å²) in [5.74, 6) is -8.91. The molecule has 188 valence electrons. The molecule has 0 aliphatic heterocycles. The number of alkyl halides is 4. The minimum absolute atomic E-state index is 0.142. The predicted octanol–water partition coefficient (Wildman–Crippen LogP) is 3.41. The number of rotatable bonds is 10. The van der Waals surface area contributed by atoms with Crippen LogP contribution in [0.1, 0.15) is 15.9 Å². The Kier molecular flexibility index (Phi) is 8.60. The lowest BCUT2D eigenvalue weighted by atomic mass is 10.1. The average Bonchev–Trinajstić information content (AvgIpc) is 2.72. The van der Waals surface area contributed by atoms with Crippen LogP contribution >= 0.6 is 11.6 Å². The summed E-state index contributed by atoms with van der Waals surface area (Å²) in [6.45, 7) is -2.29. The lowest BCUT2D eigenvalue weighted by molar-refractivity contribution is -0.148. The normalized spacial score (nSPS) is 12.2. The van der Waals surface area contributed by atoms with E-state index in [1.54, 1.807) is 4.72 Å². The molecule has 0 aliphatic rings. The molecule has 0 bridgehead atoms. The second-order valence-corrected chi connectivity index (χ2v) is 9.03. The molecule has 0 saturated carbocycles. The third kappa shape index (κ3) is 6.87. The summed E-state index contributed by atoms with van der Waals surface area (Å²) in [4.78, 5) is 15.5. The molecule has 1 aromatic heterocycles. The van der Waals surface area contributed by atoms with Crippen LogP contribution in [0.4, 0.5) is 26.3 Å². The molecule has 2 aromatic rings. The van der Waals surface area contributed by atoms with Gasteiger partial charge in [0.1, 0.15) is 29.0 Å². The van der Waals surface area contributed by atoms with Crippen molar-refractivity contribution in [3.8, 4) is 11.6 Å². The lowest BCUT2D eigenvalue weighted by Crippen LogP contribution is -2.39. The van der Waals surface area contributed by atoms with E-state index in [-0.39, 0.29) is 16.3 Å². The first kappa shape index (κ1) is 27.5. The van der Waals surface area contributed by atoms with Crippen LogP contribution < -0.4 is 14.2 Å². The Hall–Kier alpha value is -2.78. The number of aromatic nitrogens is 1. The van der Waals surface area contributed by atoms with Crippen molar-refractivity contribution in [1.82, 2.24) is 14.0 Å². The fourth-order valence-electron chi connectivity index (χ4n) is 2.12. The Morgan fingerprint density at radius 2 is 1.82 bits per heavy atom. The van der Waals surface area contributed by atoms with E-state index >= 15 is 0 Å². The van der Waals surface area contributed by atoms with Gasteiger partial charge in [0.2, 0.25) is 5.88 Å². The number of benzene rings is 1. The van der Waals surface area contributed by atoms with Crippen molar-refractivity contribution in [3.63, 3.8) is 0 Å². The van der Waals surface area contributed by atoms with Gasteiger partial charge in [-0.2, -0.15) is 21.5 Å². The van der Waals surface area contributed by atoms with E-state index in [1.165, 1.54) is 0 Å². The fourth-order valence-corrected chi connectivity index (χ4v) is 2.86. The summed E-state index contributed by atoms with van der Waals surface area (Å²) >= 11 is 5.78. The molecule has 1 aromatic carbocycles. The maximum atomic E-state index is 14.3. The van der Waals surface area contributed by atoms with E-state index in [0.29, 0.717) is 16.4 Å². The molecule has 0 fully saturated rings. The summed E-state index contributed by atoms with van der Waals surface area (Å²) in [7, 11) is -2.01. The number of nitrogens with one attached hydrogen (secondary N) is 1. The summed E-state index contributed by atoms with van der Waals surface area (Å²) < 4.78 is 114. The van der Waals surface area contributed by atoms with Crippen molar-refractivity contribution in [2.24, 2.45) is 0 Å². The Bertz CT molecular complexity index is 1170. The Balaban J connectivity index is 2.09. The molecule has 0 atom stereocenters. The van der Waals surface area contributed by atoms with Crippen molar-refractivity contribution in [3.05, 3.63) is 52.2 Å². The monoisotopic (exact) mass is 535 g/mol. The zero-order valence-corrected chi connectivity index (χ0v) is 18.9. The predicted molar refractivity (Wildman–Crippen MR) is 106 cm³/mol. The second kappa shape index (κ2) is 10.7. The van der Waals surface area contributed by atoms with E-state index in [9.17, 15) is 39.6 Å². The van der Waals surface area contributed by atoms with Gasteiger partial charge in [-0.15, -0.1) is 0 Å². The number of hydrogen-bond acceptors (Lipinski definition) is 6. The van der Waals surface area contributed by atoms with Gasteiger partial charge in [-0.25, -0.2) is 27.3 Å². The first-order valence-corrected chi connectivity index (χ1v) is 10.8. The molecule has 1 amide bonds. The molecule has 0 aliphatic carbocycles. The van der Waals surface area contributed by atoms with Crippen LogP contribution in [-0.4, -0.2) is 56.7 Å². The van der Waals surface area contributed by atoms with Crippen molar-refractivity contribution in [2.45, 2.75) is 19.0 Å². The van der Waals surface area contributed by atoms with Crippen LogP contribution in [0, 0.1) is 11.6 Å². The molecule has 0 spiro atoms. The van der Waals surface area contributed by atoms with Gasteiger partial charge in [0, 0.05) is 25.7 Å². The standard InChI is InChI=1S/C18H16ClF6N3O5S/c1-28(2)34(30,31)27-15(29)11-5-13(20)9(3-14(11)21)7-32-10-4-12(19)16(26-6-10)33-8-18(24,25)17(22)23/h3-6,17H,7-8H2,1-2H3,(H,27,29). The van der Waals surface area contributed by atoms with E-state index in [4.69, 9.17) is 16.3 Å². The van der Waals surface area contributed by atoms with Crippen LogP contribution in [0.2, 0.25) is 5.02 Å². The summed E-state index contributed by atoms with van der Waals surface area (Å²) in [5.41, 5.74) is -1.25. The van der Waals surface area contributed by atoms with E-state index in [2.05, 4.69) is 9.72 Å². The van der Waals surface area contributed by atoms with E-state index in [0.717, 1.165) is 26.4 Å². The second-order valence-electron chi connectivity index (χ2n) is 6.74. The van der Waals surface area contributed by atoms with Crippen LogP contribution in [0.15, 0.2) is 24.4 Å². The molecule has 0 unspecified atom stereocenters. The lowest BCUT2D eigenvalue weighted by Gasteiger charge is -2.16. The number of halogens is 7. The van der Waals surface area contributed by atoms with Crippen LogP contribution in [0.3, 0.4) is 0 Å². The molecular weight excluding hydrogens is 520 g/mol. The number of carbonyl (C=O) groups is 1. The van der Waals surface area contributed by atoms with Gasteiger partial charge in [-0.1, -0.05) is 11.6 Å². The van der Waals surface area contributed by atoms with Crippen molar-refractivity contribution >= 4 is 27.7 Å². The highest BCUT2D eigenvalue weighted by molar-refractivity contribution is 7.87. The van der Waals surface area contributed by atoms with Gasteiger partial charge >= 0.3 is 22.6 Å². The Morgan fingerprint density at radius 3 is 2.38 bits per heavy atom. The molecule has 0 radical (unpaired) electrons. The molecule has 16 heteroatoms. The molecule has 8 nitrogen and oxygen atoms in total. The van der Waals surface area contributed by atoms with Gasteiger partial charge in [-0.05, 0) is 12.1 Å². The van der Waals surface area contributed by atoms with Crippen molar-refractivity contribution < 1.29 is 49.0 Å². The molecular formula is C18H16ClF6N3O5S. The zero-order valence-electron chi connectivity index (χ0n) is 17.3. The van der Waals surface area contributed by atoms with Crippen molar-refractivity contribution in [1.29, 1.82) is 0 Å². The van der Waals surface area contributed by atoms with E-state index < -0.39 is 64.8 Å². The zero-order chi connectivity index (χ0) is 25.8. The van der Waals surface area contributed by atoms with Crippen LogP contribution in [0.25, 0.3) is 0 Å². The topological polar surface area (TPSA) is 97.8 Å². The molecule has 1 N–H and O–H groups in total.